The zero-order valence-corrected chi connectivity index (χ0v) is 29.3. The Hall–Kier alpha value is -5.74. The van der Waals surface area contributed by atoms with Gasteiger partial charge in [-0.2, -0.15) is 0 Å². The van der Waals surface area contributed by atoms with Crippen molar-refractivity contribution >= 4 is 24.0 Å². The van der Waals surface area contributed by atoms with Crippen molar-refractivity contribution < 1.29 is 39.6 Å². The second kappa shape index (κ2) is 14.2. The van der Waals surface area contributed by atoms with Crippen LogP contribution in [0.2, 0.25) is 0 Å². The quantitative estimate of drug-likeness (QED) is 0.111. The summed E-state index contributed by atoms with van der Waals surface area (Å²) in [5.41, 5.74) is 4.78. The van der Waals surface area contributed by atoms with Gasteiger partial charge in [-0.15, -0.1) is 0 Å². The number of aromatic amines is 2. The number of benzene rings is 2. The average Bonchev–Trinajstić information content (AvgIpc) is 3.97. The van der Waals surface area contributed by atoms with E-state index in [1.807, 2.05) is 48.5 Å². The molecule has 4 aromatic rings. The van der Waals surface area contributed by atoms with Gasteiger partial charge >= 0.3 is 12.2 Å². The van der Waals surface area contributed by atoms with Crippen molar-refractivity contribution in [1.29, 1.82) is 0 Å². The molecule has 2 aromatic carbocycles. The molecule has 2 aromatic heterocycles. The van der Waals surface area contributed by atoms with Crippen molar-refractivity contribution in [3.8, 4) is 33.6 Å². The highest BCUT2D eigenvalue weighted by atomic mass is 16.4. The van der Waals surface area contributed by atoms with Gasteiger partial charge in [-0.25, -0.2) is 19.6 Å². The van der Waals surface area contributed by atoms with E-state index in [1.54, 1.807) is 12.4 Å². The molecule has 8 N–H and O–H groups in total. The fraction of sp³-hybridized carbons (Fsp3) is 0.421. The Kier molecular flexibility index (Phi) is 9.31. The van der Waals surface area contributed by atoms with E-state index in [4.69, 9.17) is 0 Å². The number of hydrogen-bond acceptors (Lipinski definition) is 8. The van der Waals surface area contributed by atoms with Crippen molar-refractivity contribution in [2.24, 2.45) is 11.8 Å². The van der Waals surface area contributed by atoms with Crippen LogP contribution in [0.25, 0.3) is 33.6 Å². The lowest BCUT2D eigenvalue weighted by Crippen LogP contribution is -2.49. The normalized spacial score (nSPS) is 23.6. The Morgan fingerprint density at radius 3 is 1.35 bits per heavy atom. The molecule has 4 amide bonds. The van der Waals surface area contributed by atoms with E-state index in [0.717, 1.165) is 47.9 Å². The highest BCUT2D eigenvalue weighted by Crippen LogP contribution is 2.42. The first-order valence-corrected chi connectivity index (χ1v) is 18.3. The number of H-pyrrole nitrogens is 2. The second-order valence-electron chi connectivity index (χ2n) is 14.8. The smallest absolute Gasteiger partial charge is 0.405 e. The molecule has 2 aliphatic carbocycles. The van der Waals surface area contributed by atoms with Gasteiger partial charge in [-0.05, 0) is 48.6 Å². The highest BCUT2D eigenvalue weighted by molar-refractivity contribution is 5.90. The van der Waals surface area contributed by atoms with Crippen LogP contribution in [0.15, 0.2) is 60.9 Å². The summed E-state index contributed by atoms with van der Waals surface area (Å²) < 4.78 is 0. The van der Waals surface area contributed by atoms with Gasteiger partial charge in [0.1, 0.15) is 23.7 Å². The minimum atomic E-state index is -1.26. The first-order chi connectivity index (χ1) is 26.0. The van der Waals surface area contributed by atoms with Crippen LogP contribution in [0.5, 0.6) is 0 Å². The molecular formula is C38H42N8O8. The molecule has 6 atom stereocenters. The number of carboxylic acid groups (broad SMARTS) is 2. The topological polar surface area (TPSA) is 237 Å². The summed E-state index contributed by atoms with van der Waals surface area (Å²) in [6, 6.07) is 12.7. The Balaban J connectivity index is 1.07. The Bertz CT molecular complexity index is 1930. The van der Waals surface area contributed by atoms with E-state index in [9.17, 15) is 39.6 Å². The predicted molar refractivity (Wildman–Crippen MR) is 193 cm³/mol. The SMILES string of the molecule is O=C(O)N[C@H](C(=O)N1C[C@H](O)C[C@H]1c1ncc(-c2ccccc2-c2ccccc2-c2cnc([C@@H]3C[C@@H](O)CN3C(=O)[C@@H](NC(=O)O)C3CC3)[nH]2)[nH]1)C1CC1. The lowest BCUT2D eigenvalue weighted by molar-refractivity contribution is -0.136. The molecule has 4 fully saturated rings. The molecule has 16 nitrogen and oxygen atoms in total. The van der Waals surface area contributed by atoms with Crippen LogP contribution in [-0.4, -0.2) is 112 Å². The van der Waals surface area contributed by atoms with Gasteiger partial charge in [-0.3, -0.25) is 9.59 Å². The summed E-state index contributed by atoms with van der Waals surface area (Å²) >= 11 is 0. The van der Waals surface area contributed by atoms with Crippen LogP contribution in [-0.2, 0) is 9.59 Å². The fourth-order valence-electron chi connectivity index (χ4n) is 8.07. The number of rotatable bonds is 11. The molecule has 54 heavy (non-hydrogen) atoms. The van der Waals surface area contributed by atoms with E-state index in [0.29, 0.717) is 23.0 Å². The van der Waals surface area contributed by atoms with Crippen molar-refractivity contribution in [3.63, 3.8) is 0 Å². The van der Waals surface area contributed by atoms with Crippen molar-refractivity contribution in [3.05, 3.63) is 72.6 Å². The molecule has 2 saturated carbocycles. The third-order valence-electron chi connectivity index (χ3n) is 10.9. The number of aliphatic hydroxyl groups excluding tert-OH is 2. The molecule has 16 heteroatoms. The minimum absolute atomic E-state index is 0.0657. The van der Waals surface area contributed by atoms with E-state index in [2.05, 4.69) is 30.6 Å². The van der Waals surface area contributed by atoms with Crippen LogP contribution >= 0.6 is 0 Å². The number of β-amino-alcohol motifs (C(OH)–C–C–N with tert-alkyl or cyclic N) is 2. The molecule has 4 aliphatic rings. The van der Waals surface area contributed by atoms with Gasteiger partial charge in [0, 0.05) is 37.1 Å². The zero-order chi connectivity index (χ0) is 37.7. The van der Waals surface area contributed by atoms with E-state index < -0.39 is 48.6 Å². The third kappa shape index (κ3) is 7.01. The Morgan fingerprint density at radius 1 is 0.630 bits per heavy atom. The molecule has 2 saturated heterocycles. The van der Waals surface area contributed by atoms with Crippen LogP contribution in [0.3, 0.4) is 0 Å². The summed E-state index contributed by atoms with van der Waals surface area (Å²) in [7, 11) is 0. The number of hydrogen-bond donors (Lipinski definition) is 8. The number of imidazole rings is 2. The van der Waals surface area contributed by atoms with E-state index >= 15 is 0 Å². The predicted octanol–water partition coefficient (Wildman–Crippen LogP) is 3.49. The molecule has 0 unspecified atom stereocenters. The molecule has 0 radical (unpaired) electrons. The average molecular weight is 739 g/mol. The first kappa shape index (κ1) is 35.3. The van der Waals surface area contributed by atoms with Crippen molar-refractivity contribution in [2.75, 3.05) is 13.1 Å². The number of carbonyl (C=O) groups excluding carboxylic acids is 2. The number of amides is 4. The summed E-state index contributed by atoms with van der Waals surface area (Å²) in [5.74, 6) is 0.106. The van der Waals surface area contributed by atoms with Gasteiger partial charge in [0.2, 0.25) is 11.8 Å². The molecule has 8 rings (SSSR count). The summed E-state index contributed by atoms with van der Waals surface area (Å²) in [5, 5.41) is 44.8. The summed E-state index contributed by atoms with van der Waals surface area (Å²) in [6.45, 7) is 0.151. The largest absolute Gasteiger partial charge is 0.465 e. The van der Waals surface area contributed by atoms with Gasteiger partial charge in [0.05, 0.1) is 48.1 Å². The van der Waals surface area contributed by atoms with Gasteiger partial charge in [-0.1, -0.05) is 48.5 Å². The van der Waals surface area contributed by atoms with Gasteiger partial charge in [0.25, 0.3) is 0 Å². The first-order valence-electron chi connectivity index (χ1n) is 18.3. The van der Waals surface area contributed by atoms with Gasteiger partial charge in [0.15, 0.2) is 0 Å². The van der Waals surface area contributed by atoms with Crippen LogP contribution in [0, 0.1) is 11.8 Å². The lowest BCUT2D eigenvalue weighted by Gasteiger charge is -2.27. The Morgan fingerprint density at radius 2 is 1.00 bits per heavy atom. The van der Waals surface area contributed by atoms with E-state index in [1.165, 1.54) is 9.80 Å². The summed E-state index contributed by atoms with van der Waals surface area (Å²) in [4.78, 5) is 69.3. The molecule has 0 bridgehead atoms. The van der Waals surface area contributed by atoms with Crippen molar-refractivity contribution in [2.45, 2.75) is 74.9 Å². The monoisotopic (exact) mass is 738 g/mol. The van der Waals surface area contributed by atoms with Crippen molar-refractivity contribution in [1.82, 2.24) is 40.4 Å². The molecule has 0 spiro atoms. The number of carbonyl (C=O) groups is 4. The summed E-state index contributed by atoms with van der Waals surface area (Å²) in [6.07, 6.45) is 2.85. The maximum atomic E-state index is 13.6. The fourth-order valence-corrected chi connectivity index (χ4v) is 8.07. The molecule has 4 heterocycles. The van der Waals surface area contributed by atoms with Crippen LogP contribution in [0.1, 0.15) is 62.3 Å². The number of aliphatic hydroxyl groups is 2. The second-order valence-corrected chi connectivity index (χ2v) is 14.8. The molecular weight excluding hydrogens is 696 g/mol. The maximum Gasteiger partial charge on any atom is 0.405 e. The van der Waals surface area contributed by atoms with E-state index in [-0.39, 0.29) is 49.6 Å². The highest BCUT2D eigenvalue weighted by Gasteiger charge is 2.46. The number of likely N-dealkylation sites (tertiary alicyclic amines) is 2. The lowest BCUT2D eigenvalue weighted by atomic mass is 9.93. The Labute approximate surface area is 309 Å². The molecule has 282 valence electrons. The number of nitrogens with zero attached hydrogens (tertiary/aromatic N) is 4. The number of aromatic nitrogens is 4. The standard InChI is InChI=1S/C38H42N8O8/c47-21-13-29(45(17-21)35(49)31(19-9-10-19)43-37(51)52)33-39-15-27(41-33)25-7-3-1-5-23(25)24-6-2-4-8-26(24)28-16-40-34(42-28)30-14-22(48)18-46(30)36(50)32(20-11-12-20)44-38(53)54/h1-8,15-16,19-22,29-32,43-44,47-48H,9-14,17-18H2,(H,39,41)(H,40,42)(H,51,52)(H,53,54)/t21-,22-,29+,30+,31+,32+/m1/s1. The zero-order valence-electron chi connectivity index (χ0n) is 29.3. The molecule has 2 aliphatic heterocycles. The van der Waals surface area contributed by atoms with Crippen LogP contribution < -0.4 is 10.6 Å². The van der Waals surface area contributed by atoms with Crippen LogP contribution in [0.4, 0.5) is 9.59 Å². The third-order valence-corrected chi connectivity index (χ3v) is 10.9. The maximum absolute atomic E-state index is 13.6. The minimum Gasteiger partial charge on any atom is -0.465 e. The number of nitrogens with one attached hydrogen (secondary N) is 4. The van der Waals surface area contributed by atoms with Gasteiger partial charge < -0.3 is 50.8 Å².